The van der Waals surface area contributed by atoms with E-state index in [1.165, 1.54) is 12.1 Å². The Morgan fingerprint density at radius 1 is 1.22 bits per heavy atom. The fourth-order valence-corrected chi connectivity index (χ4v) is 2.46. The van der Waals surface area contributed by atoms with Crippen molar-refractivity contribution >= 4 is 5.69 Å². The smallest absolute Gasteiger partial charge is 0.124 e. The molecule has 0 unspecified atom stereocenters. The molecular weight excluding hydrogens is 291 g/mol. The Morgan fingerprint density at radius 3 is 2.74 bits per heavy atom. The van der Waals surface area contributed by atoms with E-state index in [4.69, 9.17) is 5.26 Å². The number of anilines is 1. The average Bonchev–Trinajstić information content (AvgIpc) is 2.95. The van der Waals surface area contributed by atoms with Crippen LogP contribution in [0.3, 0.4) is 0 Å². The molecule has 0 aliphatic rings. The Balaban J connectivity index is 1.86. The van der Waals surface area contributed by atoms with Gasteiger partial charge in [-0.05, 0) is 18.2 Å². The predicted molar refractivity (Wildman–Crippen MR) is 87.1 cm³/mol. The van der Waals surface area contributed by atoms with Crippen molar-refractivity contribution in [2.24, 2.45) is 7.05 Å². The number of benzene rings is 2. The number of aromatic nitrogens is 2. The van der Waals surface area contributed by atoms with Gasteiger partial charge >= 0.3 is 0 Å². The number of hydrogen-bond acceptors (Lipinski definition) is 3. The molecule has 114 valence electrons. The van der Waals surface area contributed by atoms with Gasteiger partial charge in [0.15, 0.2) is 0 Å². The zero-order chi connectivity index (χ0) is 16.2. The summed E-state index contributed by atoms with van der Waals surface area (Å²) in [6, 6.07) is 16.0. The summed E-state index contributed by atoms with van der Waals surface area (Å²) in [6.45, 7) is 0.498. The van der Waals surface area contributed by atoms with Crippen LogP contribution in [-0.2, 0) is 13.6 Å². The van der Waals surface area contributed by atoms with Crippen LogP contribution in [-0.4, -0.2) is 9.78 Å². The summed E-state index contributed by atoms with van der Waals surface area (Å²) in [4.78, 5) is 0. The molecule has 0 saturated carbocycles. The molecule has 23 heavy (non-hydrogen) atoms. The number of nitrogens with one attached hydrogen (secondary N) is 1. The van der Waals surface area contributed by atoms with E-state index in [1.807, 2.05) is 49.6 Å². The molecule has 0 fully saturated rings. The van der Waals surface area contributed by atoms with E-state index in [0.29, 0.717) is 12.2 Å². The fraction of sp³-hybridized carbons (Fsp3) is 0.111. The third-order valence-electron chi connectivity index (χ3n) is 3.52. The van der Waals surface area contributed by atoms with E-state index in [-0.39, 0.29) is 5.56 Å². The average molecular weight is 306 g/mol. The Hall–Kier alpha value is -3.13. The van der Waals surface area contributed by atoms with E-state index in [2.05, 4.69) is 10.4 Å². The third kappa shape index (κ3) is 3.22. The molecule has 0 aliphatic heterocycles. The molecule has 4 nitrogen and oxygen atoms in total. The first kappa shape index (κ1) is 14.8. The second-order valence-electron chi connectivity index (χ2n) is 5.20. The lowest BCUT2D eigenvalue weighted by Crippen LogP contribution is -2.02. The van der Waals surface area contributed by atoms with Crippen molar-refractivity contribution in [3.63, 3.8) is 0 Å². The molecule has 3 rings (SSSR count). The molecule has 0 spiro atoms. The molecule has 0 atom stereocenters. The lowest BCUT2D eigenvalue weighted by atomic mass is 10.1. The van der Waals surface area contributed by atoms with Gasteiger partial charge in [-0.25, -0.2) is 4.39 Å². The highest BCUT2D eigenvalue weighted by Crippen LogP contribution is 2.23. The summed E-state index contributed by atoms with van der Waals surface area (Å²) in [6.07, 6.45) is 1.94. The summed E-state index contributed by atoms with van der Waals surface area (Å²) in [5, 5.41) is 16.8. The van der Waals surface area contributed by atoms with Crippen LogP contribution in [0, 0.1) is 17.1 Å². The van der Waals surface area contributed by atoms with Gasteiger partial charge < -0.3 is 5.32 Å². The molecule has 3 aromatic rings. The van der Waals surface area contributed by atoms with Crippen LogP contribution in [0.15, 0.2) is 54.7 Å². The zero-order valence-corrected chi connectivity index (χ0v) is 12.6. The first-order valence-electron chi connectivity index (χ1n) is 7.19. The predicted octanol–water partition coefficient (Wildman–Crippen LogP) is 3.71. The maximum absolute atomic E-state index is 13.2. The second kappa shape index (κ2) is 6.32. The van der Waals surface area contributed by atoms with Gasteiger partial charge in [0.1, 0.15) is 11.9 Å². The monoisotopic (exact) mass is 306 g/mol. The highest BCUT2D eigenvalue weighted by Gasteiger charge is 2.11. The summed E-state index contributed by atoms with van der Waals surface area (Å²) < 4.78 is 15.0. The van der Waals surface area contributed by atoms with Crippen LogP contribution in [0.25, 0.3) is 11.3 Å². The second-order valence-corrected chi connectivity index (χ2v) is 5.20. The quantitative estimate of drug-likeness (QED) is 0.799. The number of hydrogen-bond donors (Lipinski definition) is 1. The van der Waals surface area contributed by atoms with Crippen molar-refractivity contribution in [2.45, 2.75) is 6.54 Å². The van der Waals surface area contributed by atoms with Crippen LogP contribution in [0.1, 0.15) is 11.1 Å². The van der Waals surface area contributed by atoms with Crippen molar-refractivity contribution in [3.8, 4) is 17.3 Å². The first-order chi connectivity index (χ1) is 11.2. The summed E-state index contributed by atoms with van der Waals surface area (Å²) in [5.74, 6) is -0.418. The Labute approximate surface area is 133 Å². The van der Waals surface area contributed by atoms with Gasteiger partial charge in [0.05, 0.1) is 16.9 Å². The summed E-state index contributed by atoms with van der Waals surface area (Å²) in [7, 11) is 1.87. The minimum atomic E-state index is -0.418. The molecule has 1 heterocycles. The van der Waals surface area contributed by atoms with E-state index < -0.39 is 5.82 Å². The van der Waals surface area contributed by atoms with Gasteiger partial charge in [-0.2, -0.15) is 10.4 Å². The Kier molecular flexibility index (Phi) is 4.07. The minimum Gasteiger partial charge on any atom is -0.380 e. The number of nitriles is 1. The van der Waals surface area contributed by atoms with Crippen molar-refractivity contribution in [1.82, 2.24) is 9.78 Å². The summed E-state index contributed by atoms with van der Waals surface area (Å²) in [5.41, 5.74) is 3.82. The first-order valence-corrected chi connectivity index (χ1v) is 7.19. The van der Waals surface area contributed by atoms with Crippen LogP contribution >= 0.6 is 0 Å². The maximum Gasteiger partial charge on any atom is 0.124 e. The van der Waals surface area contributed by atoms with E-state index in [0.717, 1.165) is 16.8 Å². The lowest BCUT2D eigenvalue weighted by Gasteiger charge is -2.08. The molecule has 0 saturated heterocycles. The number of rotatable bonds is 4. The highest BCUT2D eigenvalue weighted by molar-refractivity contribution is 5.64. The van der Waals surface area contributed by atoms with Crippen molar-refractivity contribution in [1.29, 1.82) is 5.26 Å². The topological polar surface area (TPSA) is 53.6 Å². The molecule has 0 aliphatic carbocycles. The van der Waals surface area contributed by atoms with Crippen molar-refractivity contribution in [3.05, 3.63) is 71.7 Å². The van der Waals surface area contributed by atoms with Gasteiger partial charge in [0.25, 0.3) is 0 Å². The van der Waals surface area contributed by atoms with Crippen LogP contribution in [0.4, 0.5) is 10.1 Å². The lowest BCUT2D eigenvalue weighted by molar-refractivity contribution is 0.627. The fourth-order valence-electron chi connectivity index (χ4n) is 2.46. The largest absolute Gasteiger partial charge is 0.380 e. The molecule has 1 aromatic heterocycles. The molecule has 0 bridgehead atoms. The number of aryl methyl sites for hydroxylation is 1. The third-order valence-corrected chi connectivity index (χ3v) is 3.52. The number of halogens is 1. The Bertz CT molecular complexity index is 862. The van der Waals surface area contributed by atoms with E-state index in [1.54, 1.807) is 10.7 Å². The van der Waals surface area contributed by atoms with Gasteiger partial charge in [-0.1, -0.05) is 30.3 Å². The van der Waals surface area contributed by atoms with E-state index in [9.17, 15) is 4.39 Å². The molecule has 5 heteroatoms. The van der Waals surface area contributed by atoms with Crippen molar-refractivity contribution in [2.75, 3.05) is 5.32 Å². The van der Waals surface area contributed by atoms with Gasteiger partial charge in [0.2, 0.25) is 0 Å². The van der Waals surface area contributed by atoms with Crippen molar-refractivity contribution < 1.29 is 4.39 Å². The SMILES string of the molecule is Cn1cc(CNc2ccc(F)cc2C#N)c(-c2ccccc2)n1. The molecular formula is C18H15FN4. The minimum absolute atomic E-state index is 0.287. The summed E-state index contributed by atoms with van der Waals surface area (Å²) >= 11 is 0. The Morgan fingerprint density at radius 2 is 2.00 bits per heavy atom. The van der Waals surface area contributed by atoms with Gasteiger partial charge in [-0.15, -0.1) is 0 Å². The van der Waals surface area contributed by atoms with Gasteiger partial charge in [0, 0.05) is 30.9 Å². The maximum atomic E-state index is 13.2. The normalized spacial score (nSPS) is 10.3. The highest BCUT2D eigenvalue weighted by atomic mass is 19.1. The zero-order valence-electron chi connectivity index (χ0n) is 12.6. The van der Waals surface area contributed by atoms with Gasteiger partial charge in [-0.3, -0.25) is 4.68 Å². The molecule has 0 amide bonds. The molecule has 1 N–H and O–H groups in total. The molecule has 0 radical (unpaired) electrons. The van der Waals surface area contributed by atoms with Crippen LogP contribution < -0.4 is 5.32 Å². The van der Waals surface area contributed by atoms with Crippen LogP contribution in [0.5, 0.6) is 0 Å². The standard InChI is InChI=1S/C18H15FN4/c1-23-12-15(18(22-23)13-5-3-2-4-6-13)11-21-17-8-7-16(19)9-14(17)10-20/h2-9,12,21H,11H2,1H3. The molecule has 2 aromatic carbocycles. The number of nitrogens with zero attached hydrogens (tertiary/aromatic N) is 3. The van der Waals surface area contributed by atoms with Crippen LogP contribution in [0.2, 0.25) is 0 Å². The van der Waals surface area contributed by atoms with E-state index >= 15 is 0 Å².